The zero-order valence-electron chi connectivity index (χ0n) is 10.6. The fourth-order valence-corrected chi connectivity index (χ4v) is 2.27. The van der Waals surface area contributed by atoms with Crippen molar-refractivity contribution in [3.8, 4) is 5.75 Å². The SMILES string of the molecule is Cc1nnc(COc2ccc(S(=O)(=O)Cl)cc2C(=O)O)o1. The molecule has 0 bridgehead atoms. The monoisotopic (exact) mass is 332 g/mol. The first-order valence-electron chi connectivity index (χ1n) is 5.51. The molecule has 8 nitrogen and oxygen atoms in total. The van der Waals surface area contributed by atoms with Crippen molar-refractivity contribution < 1.29 is 27.5 Å². The smallest absolute Gasteiger partial charge is 0.339 e. The van der Waals surface area contributed by atoms with E-state index < -0.39 is 15.0 Å². The van der Waals surface area contributed by atoms with E-state index in [2.05, 4.69) is 10.2 Å². The third-order valence-electron chi connectivity index (χ3n) is 2.38. The first-order valence-corrected chi connectivity index (χ1v) is 7.82. The minimum absolute atomic E-state index is 0.0394. The number of hydrogen-bond donors (Lipinski definition) is 1. The van der Waals surface area contributed by atoms with Crippen LogP contribution in [0, 0.1) is 6.92 Å². The van der Waals surface area contributed by atoms with Gasteiger partial charge in [-0.25, -0.2) is 13.2 Å². The third kappa shape index (κ3) is 3.70. The van der Waals surface area contributed by atoms with Crippen LogP contribution in [-0.4, -0.2) is 29.7 Å². The molecule has 1 heterocycles. The van der Waals surface area contributed by atoms with Crippen molar-refractivity contribution >= 4 is 25.7 Å². The van der Waals surface area contributed by atoms with Crippen molar-refractivity contribution in [3.05, 3.63) is 35.5 Å². The molecule has 0 radical (unpaired) electrons. The molecule has 0 saturated carbocycles. The number of aromatic nitrogens is 2. The number of benzene rings is 1. The Morgan fingerprint density at radius 2 is 2.14 bits per heavy atom. The van der Waals surface area contributed by atoms with E-state index in [9.17, 15) is 13.2 Å². The Kier molecular flexibility index (Phi) is 4.14. The maximum atomic E-state index is 11.2. The molecule has 0 saturated heterocycles. The van der Waals surface area contributed by atoms with E-state index >= 15 is 0 Å². The number of carboxylic acids is 1. The molecule has 0 unspecified atom stereocenters. The van der Waals surface area contributed by atoms with Crippen molar-refractivity contribution in [2.24, 2.45) is 0 Å². The first-order chi connectivity index (χ1) is 9.77. The van der Waals surface area contributed by atoms with Gasteiger partial charge in [0.1, 0.15) is 11.3 Å². The highest BCUT2D eigenvalue weighted by Crippen LogP contribution is 2.25. The highest BCUT2D eigenvalue weighted by atomic mass is 35.7. The lowest BCUT2D eigenvalue weighted by atomic mass is 10.2. The van der Waals surface area contributed by atoms with Crippen LogP contribution >= 0.6 is 10.7 Å². The number of rotatable bonds is 5. The van der Waals surface area contributed by atoms with Crippen molar-refractivity contribution in [2.45, 2.75) is 18.4 Å². The Morgan fingerprint density at radius 1 is 1.43 bits per heavy atom. The molecule has 1 N–H and O–H groups in total. The summed E-state index contributed by atoms with van der Waals surface area (Å²) < 4.78 is 32.7. The van der Waals surface area contributed by atoms with Gasteiger partial charge in [-0.05, 0) is 18.2 Å². The highest BCUT2D eigenvalue weighted by Gasteiger charge is 2.18. The number of nitrogens with zero attached hydrogens (tertiary/aromatic N) is 2. The number of aromatic carboxylic acids is 1. The topological polar surface area (TPSA) is 120 Å². The van der Waals surface area contributed by atoms with Crippen LogP contribution < -0.4 is 4.74 Å². The van der Waals surface area contributed by atoms with Gasteiger partial charge in [-0.15, -0.1) is 10.2 Å². The van der Waals surface area contributed by atoms with Crippen LogP contribution in [0.5, 0.6) is 5.75 Å². The second-order valence-corrected chi connectivity index (χ2v) is 6.47. The summed E-state index contributed by atoms with van der Waals surface area (Å²) >= 11 is 0. The van der Waals surface area contributed by atoms with E-state index in [0.29, 0.717) is 5.89 Å². The van der Waals surface area contributed by atoms with E-state index in [1.165, 1.54) is 6.07 Å². The fraction of sp³-hybridized carbons (Fsp3) is 0.182. The lowest BCUT2D eigenvalue weighted by Crippen LogP contribution is -2.05. The van der Waals surface area contributed by atoms with Crippen LogP contribution in [0.3, 0.4) is 0 Å². The van der Waals surface area contributed by atoms with Gasteiger partial charge in [-0.3, -0.25) is 0 Å². The summed E-state index contributed by atoms with van der Waals surface area (Å²) in [6.45, 7) is 1.45. The second-order valence-electron chi connectivity index (χ2n) is 3.90. The van der Waals surface area contributed by atoms with E-state index in [-0.39, 0.29) is 28.7 Å². The molecule has 0 aliphatic rings. The van der Waals surface area contributed by atoms with Gasteiger partial charge in [-0.1, -0.05) is 0 Å². The lowest BCUT2D eigenvalue weighted by Gasteiger charge is -2.08. The normalized spacial score (nSPS) is 11.3. The largest absolute Gasteiger partial charge is 0.483 e. The van der Waals surface area contributed by atoms with Gasteiger partial charge < -0.3 is 14.3 Å². The standard InChI is InChI=1S/C11H9ClN2O6S/c1-6-13-14-10(20-6)5-19-9-3-2-7(21(12,17)18)4-8(9)11(15)16/h2-4H,5H2,1H3,(H,15,16). The molecular weight excluding hydrogens is 324 g/mol. The first kappa shape index (κ1) is 15.3. The average Bonchev–Trinajstić information content (AvgIpc) is 2.80. The fourth-order valence-electron chi connectivity index (χ4n) is 1.49. The van der Waals surface area contributed by atoms with Gasteiger partial charge in [0.15, 0.2) is 6.61 Å². The van der Waals surface area contributed by atoms with E-state index in [4.69, 9.17) is 24.9 Å². The summed E-state index contributed by atoms with van der Waals surface area (Å²) in [6, 6.07) is 3.25. The Balaban J connectivity index is 2.28. The number of halogens is 1. The number of hydrogen-bond acceptors (Lipinski definition) is 7. The average molecular weight is 333 g/mol. The molecule has 21 heavy (non-hydrogen) atoms. The molecule has 112 valence electrons. The molecule has 0 aliphatic heterocycles. The number of aryl methyl sites for hydroxylation is 1. The van der Waals surface area contributed by atoms with Crippen LogP contribution in [0.15, 0.2) is 27.5 Å². The van der Waals surface area contributed by atoms with Crippen molar-refractivity contribution in [1.29, 1.82) is 0 Å². The summed E-state index contributed by atoms with van der Waals surface area (Å²) in [5.74, 6) is -0.884. The third-order valence-corrected chi connectivity index (χ3v) is 3.73. The zero-order chi connectivity index (χ0) is 15.6. The Labute approximate surface area is 123 Å². The maximum Gasteiger partial charge on any atom is 0.339 e. The molecular formula is C11H9ClN2O6S. The van der Waals surface area contributed by atoms with Gasteiger partial charge in [0, 0.05) is 17.6 Å². The molecule has 0 aliphatic carbocycles. The zero-order valence-corrected chi connectivity index (χ0v) is 12.2. The van der Waals surface area contributed by atoms with Crippen molar-refractivity contribution in [3.63, 3.8) is 0 Å². The van der Waals surface area contributed by atoms with Gasteiger partial charge >= 0.3 is 5.97 Å². The molecule has 0 amide bonds. The van der Waals surface area contributed by atoms with E-state index in [0.717, 1.165) is 12.1 Å². The molecule has 2 rings (SSSR count). The Hall–Kier alpha value is -2.13. The van der Waals surface area contributed by atoms with Crippen LogP contribution in [0.4, 0.5) is 0 Å². The van der Waals surface area contributed by atoms with Gasteiger partial charge in [-0.2, -0.15) is 0 Å². The van der Waals surface area contributed by atoms with Crippen LogP contribution in [-0.2, 0) is 15.7 Å². The van der Waals surface area contributed by atoms with Gasteiger partial charge in [0.05, 0.1) is 4.90 Å². The Bertz CT molecular complexity index is 786. The molecule has 0 spiro atoms. The van der Waals surface area contributed by atoms with Gasteiger partial charge in [0.25, 0.3) is 14.9 Å². The van der Waals surface area contributed by atoms with E-state index in [1.807, 2.05) is 0 Å². The second kappa shape index (κ2) is 5.70. The minimum atomic E-state index is -4.03. The summed E-state index contributed by atoms with van der Waals surface area (Å²) in [5.41, 5.74) is -0.340. The quantitative estimate of drug-likeness (QED) is 0.819. The summed E-state index contributed by atoms with van der Waals surface area (Å²) in [7, 11) is 1.14. The van der Waals surface area contributed by atoms with Crippen molar-refractivity contribution in [1.82, 2.24) is 10.2 Å². The predicted octanol–water partition coefficient (Wildman–Crippen LogP) is 1.58. The maximum absolute atomic E-state index is 11.2. The summed E-state index contributed by atoms with van der Waals surface area (Å²) in [6.07, 6.45) is 0. The number of ether oxygens (including phenoxy) is 1. The minimum Gasteiger partial charge on any atom is -0.483 e. The van der Waals surface area contributed by atoms with Crippen LogP contribution in [0.1, 0.15) is 22.1 Å². The number of carbonyl (C=O) groups is 1. The molecule has 0 atom stereocenters. The summed E-state index contributed by atoms with van der Waals surface area (Å²) in [5, 5.41) is 16.4. The molecule has 2 aromatic rings. The molecule has 10 heteroatoms. The molecule has 0 fully saturated rings. The van der Waals surface area contributed by atoms with Crippen LogP contribution in [0.2, 0.25) is 0 Å². The molecule has 1 aromatic heterocycles. The molecule has 1 aromatic carbocycles. The predicted molar refractivity (Wildman–Crippen MR) is 69.8 cm³/mol. The Morgan fingerprint density at radius 3 is 2.67 bits per heavy atom. The van der Waals surface area contributed by atoms with Crippen LogP contribution in [0.25, 0.3) is 0 Å². The van der Waals surface area contributed by atoms with Crippen molar-refractivity contribution in [2.75, 3.05) is 0 Å². The summed E-state index contributed by atoms with van der Waals surface area (Å²) in [4.78, 5) is 10.8. The highest BCUT2D eigenvalue weighted by molar-refractivity contribution is 8.13. The number of carboxylic acid groups (broad SMARTS) is 1. The van der Waals surface area contributed by atoms with E-state index in [1.54, 1.807) is 6.92 Å². The lowest BCUT2D eigenvalue weighted by molar-refractivity contribution is 0.0690. The van der Waals surface area contributed by atoms with Gasteiger partial charge in [0.2, 0.25) is 5.89 Å².